The molecule has 0 aliphatic carbocycles. The third-order valence-corrected chi connectivity index (χ3v) is 5.18. The van der Waals surface area contributed by atoms with Crippen LogP contribution in [0.2, 0.25) is 5.02 Å². The molecular formula is C21H22ClFN4S. The number of benzene rings is 2. The molecule has 7 heteroatoms. The summed E-state index contributed by atoms with van der Waals surface area (Å²) in [5.41, 5.74) is 3.33. The Morgan fingerprint density at radius 1 is 1.18 bits per heavy atom. The van der Waals surface area contributed by atoms with Gasteiger partial charge >= 0.3 is 0 Å². The lowest BCUT2D eigenvalue weighted by atomic mass is 9.99. The fourth-order valence-corrected chi connectivity index (χ4v) is 3.24. The van der Waals surface area contributed by atoms with E-state index in [1.165, 1.54) is 11.6 Å². The predicted octanol–water partition coefficient (Wildman–Crippen LogP) is 6.05. The minimum absolute atomic E-state index is 0.241. The van der Waals surface area contributed by atoms with Crippen LogP contribution in [0.15, 0.2) is 54.9 Å². The molecule has 3 rings (SSSR count). The van der Waals surface area contributed by atoms with E-state index in [2.05, 4.69) is 41.7 Å². The van der Waals surface area contributed by atoms with Gasteiger partial charge in [0.25, 0.3) is 0 Å². The average molecular weight is 417 g/mol. The smallest absolute Gasteiger partial charge is 0.175 e. The molecule has 0 saturated carbocycles. The summed E-state index contributed by atoms with van der Waals surface area (Å²) in [4.78, 5) is 0. The van der Waals surface area contributed by atoms with Crippen LogP contribution in [0.1, 0.15) is 37.3 Å². The van der Waals surface area contributed by atoms with E-state index in [4.69, 9.17) is 23.8 Å². The van der Waals surface area contributed by atoms with E-state index in [1.54, 1.807) is 29.2 Å². The molecule has 0 amide bonds. The zero-order valence-electron chi connectivity index (χ0n) is 15.7. The molecule has 3 aromatic rings. The number of nitrogens with zero attached hydrogens (tertiary/aromatic N) is 2. The predicted molar refractivity (Wildman–Crippen MR) is 118 cm³/mol. The van der Waals surface area contributed by atoms with Gasteiger partial charge in [-0.1, -0.05) is 43.6 Å². The number of halogens is 2. The Morgan fingerprint density at radius 2 is 1.89 bits per heavy atom. The third kappa shape index (κ3) is 5.09. The number of anilines is 2. The Balaban J connectivity index is 1.59. The molecule has 1 atom stereocenters. The largest absolute Gasteiger partial charge is 0.332 e. The van der Waals surface area contributed by atoms with Crippen molar-refractivity contribution < 1.29 is 4.39 Å². The molecule has 1 heterocycles. The summed E-state index contributed by atoms with van der Waals surface area (Å²) in [5.74, 6) is 0.184. The van der Waals surface area contributed by atoms with Gasteiger partial charge in [-0.3, -0.25) is 4.68 Å². The van der Waals surface area contributed by atoms with Gasteiger partial charge in [-0.25, -0.2) is 4.39 Å². The summed E-state index contributed by atoms with van der Waals surface area (Å²) in [6.07, 6.45) is 4.49. The van der Waals surface area contributed by atoms with Crippen LogP contribution >= 0.6 is 23.8 Å². The van der Waals surface area contributed by atoms with Gasteiger partial charge in [0.05, 0.1) is 18.4 Å². The summed E-state index contributed by atoms with van der Waals surface area (Å²) in [7, 11) is 0. The first-order chi connectivity index (χ1) is 13.5. The molecule has 146 valence electrons. The molecule has 2 aromatic carbocycles. The lowest BCUT2D eigenvalue weighted by molar-refractivity contribution is 0.585. The summed E-state index contributed by atoms with van der Waals surface area (Å²) < 4.78 is 15.5. The van der Waals surface area contributed by atoms with E-state index in [0.29, 0.717) is 27.3 Å². The molecule has 0 fully saturated rings. The topological polar surface area (TPSA) is 41.9 Å². The van der Waals surface area contributed by atoms with Crippen LogP contribution < -0.4 is 10.6 Å². The molecular weight excluding hydrogens is 395 g/mol. The maximum absolute atomic E-state index is 13.9. The second kappa shape index (κ2) is 9.17. The van der Waals surface area contributed by atoms with Gasteiger partial charge in [0.2, 0.25) is 0 Å². The minimum atomic E-state index is -0.351. The van der Waals surface area contributed by atoms with E-state index in [0.717, 1.165) is 12.1 Å². The molecule has 0 saturated heterocycles. The Bertz CT molecular complexity index is 935. The van der Waals surface area contributed by atoms with E-state index in [-0.39, 0.29) is 12.4 Å². The highest BCUT2D eigenvalue weighted by Crippen LogP contribution is 2.22. The van der Waals surface area contributed by atoms with Crippen molar-refractivity contribution in [2.24, 2.45) is 0 Å². The first-order valence-corrected chi connectivity index (χ1v) is 9.88. The number of hydrogen-bond donors (Lipinski definition) is 2. The van der Waals surface area contributed by atoms with Crippen LogP contribution in [-0.2, 0) is 6.54 Å². The molecule has 0 radical (unpaired) electrons. The molecule has 28 heavy (non-hydrogen) atoms. The van der Waals surface area contributed by atoms with Gasteiger partial charge in [-0.05, 0) is 54.4 Å². The maximum atomic E-state index is 13.9. The highest BCUT2D eigenvalue weighted by Gasteiger charge is 2.09. The van der Waals surface area contributed by atoms with Crippen molar-refractivity contribution in [3.8, 4) is 0 Å². The molecule has 0 bridgehead atoms. The van der Waals surface area contributed by atoms with Gasteiger partial charge in [-0.15, -0.1) is 0 Å². The fraction of sp³-hybridized carbons (Fsp3) is 0.238. The maximum Gasteiger partial charge on any atom is 0.175 e. The van der Waals surface area contributed by atoms with E-state index in [9.17, 15) is 4.39 Å². The molecule has 0 spiro atoms. The number of thiocarbonyl (C=S) groups is 1. The molecule has 0 aliphatic heterocycles. The standard InChI is InChI=1S/C21H22ClFN4S/c1-3-14(2)15-7-9-16(10-8-15)25-21(28)26-17-11-24-27(12-17)13-18-19(22)5-4-6-20(18)23/h4-12,14H,3,13H2,1-2H3,(H2,25,26,28). The van der Waals surface area contributed by atoms with Crippen molar-refractivity contribution in [2.45, 2.75) is 32.7 Å². The molecule has 1 unspecified atom stereocenters. The third-order valence-electron chi connectivity index (χ3n) is 4.62. The number of rotatable bonds is 6. The minimum Gasteiger partial charge on any atom is -0.332 e. The van der Waals surface area contributed by atoms with Gasteiger partial charge in [0.1, 0.15) is 5.82 Å². The monoisotopic (exact) mass is 416 g/mol. The van der Waals surface area contributed by atoms with E-state index in [1.807, 2.05) is 12.1 Å². The highest BCUT2D eigenvalue weighted by molar-refractivity contribution is 7.80. The van der Waals surface area contributed by atoms with Crippen LogP contribution in [0.25, 0.3) is 0 Å². The van der Waals surface area contributed by atoms with Gasteiger partial charge in [-0.2, -0.15) is 5.10 Å². The van der Waals surface area contributed by atoms with Gasteiger partial charge < -0.3 is 10.6 Å². The second-order valence-corrected chi connectivity index (χ2v) is 7.45. The lowest BCUT2D eigenvalue weighted by Gasteiger charge is -2.12. The van der Waals surface area contributed by atoms with Crippen molar-refractivity contribution in [1.29, 1.82) is 0 Å². The van der Waals surface area contributed by atoms with Gasteiger partial charge in [0, 0.05) is 22.5 Å². The Labute approximate surface area is 174 Å². The second-order valence-electron chi connectivity index (χ2n) is 6.64. The summed E-state index contributed by atoms with van der Waals surface area (Å²) in [5, 5.41) is 11.3. The van der Waals surface area contributed by atoms with Crippen LogP contribution in [0.5, 0.6) is 0 Å². The highest BCUT2D eigenvalue weighted by atomic mass is 35.5. The van der Waals surface area contributed by atoms with E-state index >= 15 is 0 Å². The van der Waals surface area contributed by atoms with Crippen molar-refractivity contribution in [3.05, 3.63) is 76.8 Å². The number of aromatic nitrogens is 2. The van der Waals surface area contributed by atoms with Crippen LogP contribution in [0, 0.1) is 5.82 Å². The molecule has 1 aromatic heterocycles. The van der Waals surface area contributed by atoms with E-state index < -0.39 is 0 Å². The molecule has 2 N–H and O–H groups in total. The summed E-state index contributed by atoms with van der Waals surface area (Å²) in [6, 6.07) is 12.9. The van der Waals surface area contributed by atoms with Crippen molar-refractivity contribution in [1.82, 2.24) is 9.78 Å². The van der Waals surface area contributed by atoms with Gasteiger partial charge in [0.15, 0.2) is 5.11 Å². The molecule has 0 aliphatic rings. The number of hydrogen-bond acceptors (Lipinski definition) is 2. The summed E-state index contributed by atoms with van der Waals surface area (Å²) >= 11 is 11.4. The van der Waals surface area contributed by atoms with Crippen LogP contribution in [0.3, 0.4) is 0 Å². The molecule has 4 nitrogen and oxygen atoms in total. The zero-order chi connectivity index (χ0) is 20.1. The van der Waals surface area contributed by atoms with Crippen LogP contribution in [-0.4, -0.2) is 14.9 Å². The summed E-state index contributed by atoms with van der Waals surface area (Å²) in [6.45, 7) is 4.63. The van der Waals surface area contributed by atoms with Crippen molar-refractivity contribution in [2.75, 3.05) is 10.6 Å². The normalized spacial score (nSPS) is 11.9. The fourth-order valence-electron chi connectivity index (χ4n) is 2.78. The van der Waals surface area contributed by atoms with Crippen molar-refractivity contribution >= 4 is 40.3 Å². The first kappa shape index (κ1) is 20.3. The Kier molecular flexibility index (Phi) is 6.65. The zero-order valence-corrected chi connectivity index (χ0v) is 17.3. The SMILES string of the molecule is CCC(C)c1ccc(NC(=S)Nc2cnn(Cc3c(F)cccc3Cl)c2)cc1. The van der Waals surface area contributed by atoms with Crippen LogP contribution in [0.4, 0.5) is 15.8 Å². The lowest BCUT2D eigenvalue weighted by Crippen LogP contribution is -2.18. The Morgan fingerprint density at radius 3 is 2.57 bits per heavy atom. The first-order valence-electron chi connectivity index (χ1n) is 9.09. The number of nitrogens with one attached hydrogen (secondary N) is 2. The average Bonchev–Trinajstić information content (AvgIpc) is 3.11. The quantitative estimate of drug-likeness (QED) is 0.480. The Hall–Kier alpha value is -2.44. The van der Waals surface area contributed by atoms with Crippen molar-refractivity contribution in [3.63, 3.8) is 0 Å².